The third-order valence-electron chi connectivity index (χ3n) is 3.11. The summed E-state index contributed by atoms with van der Waals surface area (Å²) in [5.41, 5.74) is 0.825. The van der Waals surface area contributed by atoms with Crippen molar-refractivity contribution < 1.29 is 18.2 Å². The Morgan fingerprint density at radius 1 is 0.913 bits per heavy atom. The Labute approximate surface area is 143 Å². The van der Waals surface area contributed by atoms with Gasteiger partial charge in [0, 0.05) is 18.1 Å². The van der Waals surface area contributed by atoms with Crippen LogP contribution in [-0.4, -0.2) is 32.7 Å². The predicted octanol–water partition coefficient (Wildman–Crippen LogP) is 2.26. The van der Waals surface area contributed by atoms with Gasteiger partial charge in [0.15, 0.2) is 0 Å². The summed E-state index contributed by atoms with van der Waals surface area (Å²) in [5.74, 6) is -1.34. The minimum Gasteiger partial charge on any atom is -0.583 e. The molecule has 0 aliphatic heterocycles. The van der Waals surface area contributed by atoms with Crippen LogP contribution in [0, 0.1) is 0 Å². The fourth-order valence-corrected chi connectivity index (χ4v) is 3.12. The van der Waals surface area contributed by atoms with E-state index in [2.05, 4.69) is 21.8 Å². The highest BCUT2D eigenvalue weighted by Crippen LogP contribution is 2.06. The Balaban J connectivity index is 4.66. The second kappa shape index (κ2) is 11.9. The topological polar surface area (TPSA) is 84.5 Å². The van der Waals surface area contributed by atoms with Crippen molar-refractivity contribution in [2.45, 2.75) is 59.3 Å². The molecule has 0 spiro atoms. The lowest BCUT2D eigenvalue weighted by Gasteiger charge is -2.15. The minimum absolute atomic E-state index is 0.393. The van der Waals surface area contributed by atoms with Gasteiger partial charge in [0.2, 0.25) is 11.8 Å². The first kappa shape index (κ1) is 21.4. The molecular formula is C16H27AlN2O4. The van der Waals surface area contributed by atoms with Gasteiger partial charge in [-0.15, -0.1) is 0 Å². The molecule has 23 heavy (non-hydrogen) atoms. The Morgan fingerprint density at radius 3 is 1.61 bits per heavy atom. The quantitative estimate of drug-likeness (QED) is 0.447. The number of rotatable bonds is 11. The maximum Gasteiger partial charge on any atom is 0.889 e. The van der Waals surface area contributed by atoms with E-state index in [-0.39, 0.29) is 0 Å². The Bertz CT molecular complexity index is 429. The highest BCUT2D eigenvalue weighted by atomic mass is 27.2. The Kier molecular flexibility index (Phi) is 11.1. The summed E-state index contributed by atoms with van der Waals surface area (Å²) in [6.07, 6.45) is 4.75. The van der Waals surface area contributed by atoms with Gasteiger partial charge in [-0.1, -0.05) is 39.8 Å². The number of nitrogens with one attached hydrogen (secondary N) is 2. The third-order valence-corrected chi connectivity index (χ3v) is 4.73. The highest BCUT2D eigenvalue weighted by Gasteiger charge is 2.36. The lowest BCUT2D eigenvalue weighted by molar-refractivity contribution is -0.132. The SMILES string of the molecule is C=C(CCCC)C(=O)[NH][Al]([NH]C(=O)C(=C)CCCC)[O]C(C)=O. The largest absolute Gasteiger partial charge is 0.889 e. The van der Waals surface area contributed by atoms with E-state index in [0.29, 0.717) is 24.0 Å². The van der Waals surface area contributed by atoms with Crippen LogP contribution in [-0.2, 0) is 18.2 Å². The number of carbonyl (C=O) groups is 3. The smallest absolute Gasteiger partial charge is 0.583 e. The average molecular weight is 338 g/mol. The second-order valence-corrected chi connectivity index (χ2v) is 6.92. The van der Waals surface area contributed by atoms with Gasteiger partial charge in [0.05, 0.1) is 0 Å². The molecule has 0 aliphatic rings. The maximum atomic E-state index is 12.0. The van der Waals surface area contributed by atoms with Gasteiger partial charge in [0.1, 0.15) is 0 Å². The lowest BCUT2D eigenvalue weighted by Crippen LogP contribution is -2.55. The fraction of sp³-hybridized carbons (Fsp3) is 0.562. The molecule has 2 amide bonds. The van der Waals surface area contributed by atoms with E-state index in [9.17, 15) is 14.4 Å². The molecule has 0 rings (SSSR count). The fourth-order valence-electron chi connectivity index (χ4n) is 1.71. The van der Waals surface area contributed by atoms with E-state index in [1.165, 1.54) is 6.92 Å². The van der Waals surface area contributed by atoms with Crippen LogP contribution in [0.4, 0.5) is 0 Å². The van der Waals surface area contributed by atoms with Gasteiger partial charge in [-0.05, 0) is 25.7 Å². The van der Waals surface area contributed by atoms with Crippen molar-refractivity contribution in [3.63, 3.8) is 0 Å². The summed E-state index contributed by atoms with van der Waals surface area (Å²) in [6.45, 7) is 12.7. The van der Waals surface area contributed by atoms with E-state index in [1.807, 2.05) is 13.8 Å². The van der Waals surface area contributed by atoms with E-state index in [0.717, 1.165) is 25.7 Å². The van der Waals surface area contributed by atoms with Gasteiger partial charge >= 0.3 is 14.9 Å². The first-order valence-electron chi connectivity index (χ1n) is 7.96. The maximum absolute atomic E-state index is 12.0. The Hall–Kier alpha value is -1.58. The lowest BCUT2D eigenvalue weighted by atomic mass is 10.1. The molecule has 0 bridgehead atoms. The second-order valence-electron chi connectivity index (χ2n) is 5.35. The van der Waals surface area contributed by atoms with Crippen LogP contribution < -0.4 is 8.60 Å². The number of amides is 2. The van der Waals surface area contributed by atoms with Crippen LogP contribution in [0.2, 0.25) is 0 Å². The molecule has 6 nitrogen and oxygen atoms in total. The molecule has 128 valence electrons. The summed E-state index contributed by atoms with van der Waals surface area (Å²) in [5, 5.41) is 0. The van der Waals surface area contributed by atoms with E-state index >= 15 is 0 Å². The van der Waals surface area contributed by atoms with Crippen molar-refractivity contribution in [1.82, 2.24) is 8.60 Å². The first-order valence-corrected chi connectivity index (χ1v) is 9.58. The van der Waals surface area contributed by atoms with E-state index < -0.39 is 32.7 Å². The van der Waals surface area contributed by atoms with E-state index in [1.54, 1.807) is 0 Å². The van der Waals surface area contributed by atoms with Crippen LogP contribution in [0.5, 0.6) is 0 Å². The van der Waals surface area contributed by atoms with Crippen LogP contribution in [0.25, 0.3) is 0 Å². The third kappa shape index (κ3) is 9.93. The van der Waals surface area contributed by atoms with Gasteiger partial charge in [-0.2, -0.15) is 0 Å². The summed E-state index contributed by atoms with van der Waals surface area (Å²) in [4.78, 5) is 35.2. The molecule has 2 N–H and O–H groups in total. The summed E-state index contributed by atoms with van der Waals surface area (Å²) >= 11 is -2.76. The Morgan fingerprint density at radius 2 is 1.30 bits per heavy atom. The van der Waals surface area contributed by atoms with Crippen LogP contribution >= 0.6 is 0 Å². The molecule has 0 saturated heterocycles. The van der Waals surface area contributed by atoms with Crippen molar-refractivity contribution in [2.75, 3.05) is 0 Å². The zero-order chi connectivity index (χ0) is 17.8. The molecule has 0 radical (unpaired) electrons. The molecule has 0 aromatic rings. The first-order chi connectivity index (χ1) is 10.8. The van der Waals surface area contributed by atoms with Crippen LogP contribution in [0.1, 0.15) is 59.3 Å². The van der Waals surface area contributed by atoms with Crippen molar-refractivity contribution in [1.29, 1.82) is 0 Å². The highest BCUT2D eigenvalue weighted by molar-refractivity contribution is 6.55. The molecule has 0 fully saturated rings. The standard InChI is InChI=1S/2C7H13NO.C2H4O2.Al/c2*1-3-4-5-6(2)7(8)9;1-2(3)4;/h2*2-5H2,1H3,(H2,8,9);1H3,(H,3,4);/q;;;+3/p-3. The molecule has 0 saturated carbocycles. The number of unbranched alkanes of at least 4 members (excludes halogenated alkanes) is 2. The van der Waals surface area contributed by atoms with Gasteiger partial charge in [0.25, 0.3) is 5.97 Å². The number of hydrogen-bond donors (Lipinski definition) is 2. The normalized spacial score (nSPS) is 9.70. The molecule has 0 unspecified atom stereocenters. The summed E-state index contributed by atoms with van der Waals surface area (Å²) in [7, 11) is 0. The molecule has 0 heterocycles. The van der Waals surface area contributed by atoms with Gasteiger partial charge in [-0.3, -0.25) is 14.4 Å². The molecule has 7 heteroatoms. The molecule has 0 aromatic carbocycles. The number of carbonyl (C=O) groups excluding carboxylic acids is 3. The monoisotopic (exact) mass is 338 g/mol. The van der Waals surface area contributed by atoms with Crippen molar-refractivity contribution in [2.24, 2.45) is 0 Å². The molecule has 0 atom stereocenters. The molecular weight excluding hydrogens is 311 g/mol. The van der Waals surface area contributed by atoms with Crippen molar-refractivity contribution >= 4 is 32.7 Å². The van der Waals surface area contributed by atoms with Crippen LogP contribution in [0.15, 0.2) is 24.3 Å². The van der Waals surface area contributed by atoms with E-state index in [4.69, 9.17) is 3.79 Å². The average Bonchev–Trinajstić information content (AvgIpc) is 2.49. The van der Waals surface area contributed by atoms with Gasteiger partial charge in [-0.25, -0.2) is 0 Å². The van der Waals surface area contributed by atoms with Crippen molar-refractivity contribution in [3.05, 3.63) is 24.3 Å². The molecule has 0 aliphatic carbocycles. The van der Waals surface area contributed by atoms with Crippen molar-refractivity contribution in [3.8, 4) is 0 Å². The summed E-state index contributed by atoms with van der Waals surface area (Å²) in [6, 6.07) is 0. The van der Waals surface area contributed by atoms with Gasteiger partial charge < -0.3 is 12.4 Å². The zero-order valence-corrected chi connectivity index (χ0v) is 15.5. The summed E-state index contributed by atoms with van der Waals surface area (Å²) < 4.78 is 10.2. The predicted molar refractivity (Wildman–Crippen MR) is 91.1 cm³/mol. The minimum atomic E-state index is -2.76. The molecule has 0 aromatic heterocycles. The number of hydrogen-bond acceptors (Lipinski definition) is 4. The van der Waals surface area contributed by atoms with Crippen LogP contribution in [0.3, 0.4) is 0 Å². The zero-order valence-electron chi connectivity index (χ0n) is 14.4.